The average Bonchev–Trinajstić information content (AvgIpc) is 2.96. The lowest BCUT2D eigenvalue weighted by Gasteiger charge is -2.00. The number of aromatic nitrogens is 2. The number of thioether (sulfide) groups is 1. The van der Waals surface area contributed by atoms with Crippen molar-refractivity contribution in [3.05, 3.63) is 64.6 Å². The molecule has 100 valence electrons. The van der Waals surface area contributed by atoms with Crippen molar-refractivity contribution < 1.29 is 4.42 Å². The molecule has 0 fully saturated rings. The summed E-state index contributed by atoms with van der Waals surface area (Å²) in [7, 11) is 0. The van der Waals surface area contributed by atoms with Gasteiger partial charge in [0, 0.05) is 15.8 Å². The number of hydrogen-bond donors (Lipinski definition) is 0. The average molecular weight is 347 g/mol. The van der Waals surface area contributed by atoms with E-state index in [1.54, 1.807) is 0 Å². The predicted molar refractivity (Wildman–Crippen MR) is 83.4 cm³/mol. The molecule has 0 amide bonds. The summed E-state index contributed by atoms with van der Waals surface area (Å²) >= 11 is 5.06. The molecule has 0 unspecified atom stereocenters. The van der Waals surface area contributed by atoms with Gasteiger partial charge in [-0.25, -0.2) is 0 Å². The van der Waals surface area contributed by atoms with Crippen LogP contribution in [0.3, 0.4) is 0 Å². The Kier molecular flexibility index (Phi) is 4.18. The third-order valence-electron chi connectivity index (χ3n) is 2.74. The van der Waals surface area contributed by atoms with E-state index < -0.39 is 0 Å². The van der Waals surface area contributed by atoms with Gasteiger partial charge in [-0.05, 0) is 23.8 Å². The van der Waals surface area contributed by atoms with Crippen LogP contribution in [0, 0.1) is 0 Å². The van der Waals surface area contributed by atoms with Crippen LogP contribution in [0.2, 0.25) is 0 Å². The summed E-state index contributed by atoms with van der Waals surface area (Å²) in [6, 6.07) is 17.9. The number of nitrogens with zero attached hydrogens (tertiary/aromatic N) is 2. The molecule has 0 saturated heterocycles. The first-order chi connectivity index (χ1) is 9.83. The SMILES string of the molecule is Brc1ccccc1CSc1nnc(-c2ccccc2)o1. The number of rotatable bonds is 4. The normalized spacial score (nSPS) is 10.7. The van der Waals surface area contributed by atoms with Crippen molar-refractivity contribution in [2.75, 3.05) is 0 Å². The summed E-state index contributed by atoms with van der Waals surface area (Å²) in [4.78, 5) is 0. The van der Waals surface area contributed by atoms with Crippen molar-refractivity contribution in [3.63, 3.8) is 0 Å². The fourth-order valence-corrected chi connectivity index (χ4v) is 3.10. The molecule has 0 aliphatic heterocycles. The standard InChI is InChI=1S/C15H11BrN2OS/c16-13-9-5-4-8-12(13)10-20-15-18-17-14(19-15)11-6-2-1-3-7-11/h1-9H,10H2. The maximum Gasteiger partial charge on any atom is 0.277 e. The molecule has 5 heteroatoms. The summed E-state index contributed by atoms with van der Waals surface area (Å²) in [5.41, 5.74) is 2.14. The molecule has 0 N–H and O–H groups in total. The van der Waals surface area contributed by atoms with E-state index >= 15 is 0 Å². The van der Waals surface area contributed by atoms with Gasteiger partial charge in [0.25, 0.3) is 5.22 Å². The number of halogens is 1. The van der Waals surface area contributed by atoms with Gasteiger partial charge in [-0.15, -0.1) is 10.2 Å². The highest BCUT2D eigenvalue weighted by Crippen LogP contribution is 2.28. The highest BCUT2D eigenvalue weighted by molar-refractivity contribution is 9.10. The zero-order valence-corrected chi connectivity index (χ0v) is 12.9. The van der Waals surface area contributed by atoms with E-state index in [4.69, 9.17) is 4.42 Å². The topological polar surface area (TPSA) is 38.9 Å². The van der Waals surface area contributed by atoms with Gasteiger partial charge in [-0.3, -0.25) is 0 Å². The lowest BCUT2D eigenvalue weighted by atomic mass is 10.2. The van der Waals surface area contributed by atoms with Crippen molar-refractivity contribution in [2.45, 2.75) is 11.0 Å². The zero-order chi connectivity index (χ0) is 13.8. The summed E-state index contributed by atoms with van der Waals surface area (Å²) in [6.45, 7) is 0. The summed E-state index contributed by atoms with van der Waals surface area (Å²) in [5.74, 6) is 1.35. The van der Waals surface area contributed by atoms with Gasteiger partial charge in [0.1, 0.15) is 0 Å². The molecule has 0 spiro atoms. The minimum atomic E-state index is 0.556. The second-order valence-electron chi connectivity index (χ2n) is 4.12. The molecule has 1 aromatic heterocycles. The van der Waals surface area contributed by atoms with Crippen molar-refractivity contribution in [3.8, 4) is 11.5 Å². The van der Waals surface area contributed by atoms with Crippen molar-refractivity contribution in [1.29, 1.82) is 0 Å². The van der Waals surface area contributed by atoms with E-state index in [1.807, 2.05) is 48.5 Å². The highest BCUT2D eigenvalue weighted by atomic mass is 79.9. The molecule has 0 aliphatic carbocycles. The van der Waals surface area contributed by atoms with Gasteiger partial charge in [-0.2, -0.15) is 0 Å². The number of hydrogen-bond acceptors (Lipinski definition) is 4. The molecular formula is C15H11BrN2OS. The third kappa shape index (κ3) is 3.11. The van der Waals surface area contributed by atoms with Gasteiger partial charge >= 0.3 is 0 Å². The van der Waals surface area contributed by atoms with Gasteiger partial charge in [0.15, 0.2) is 0 Å². The van der Waals surface area contributed by atoms with Crippen molar-refractivity contribution in [1.82, 2.24) is 10.2 Å². The van der Waals surface area contributed by atoms with Crippen LogP contribution in [-0.2, 0) is 5.75 Å². The van der Waals surface area contributed by atoms with Crippen molar-refractivity contribution in [2.24, 2.45) is 0 Å². The maximum atomic E-state index is 5.66. The summed E-state index contributed by atoms with van der Waals surface area (Å²) in [5, 5.41) is 8.72. The van der Waals surface area contributed by atoms with E-state index in [0.717, 1.165) is 15.8 Å². The van der Waals surface area contributed by atoms with E-state index in [0.29, 0.717) is 11.1 Å². The second-order valence-corrected chi connectivity index (χ2v) is 5.90. The van der Waals surface area contributed by atoms with Crippen LogP contribution in [0.5, 0.6) is 0 Å². The van der Waals surface area contributed by atoms with E-state index in [-0.39, 0.29) is 0 Å². The molecule has 0 radical (unpaired) electrons. The fourth-order valence-electron chi connectivity index (χ4n) is 1.72. The van der Waals surface area contributed by atoms with Gasteiger partial charge in [0.2, 0.25) is 5.89 Å². The molecule has 1 heterocycles. The molecule has 0 bridgehead atoms. The Morgan fingerprint density at radius 1 is 0.950 bits per heavy atom. The Hall–Kier alpha value is -1.59. The summed E-state index contributed by atoms with van der Waals surface area (Å²) < 4.78 is 6.75. The summed E-state index contributed by atoms with van der Waals surface area (Å²) in [6.07, 6.45) is 0. The molecule has 3 nitrogen and oxygen atoms in total. The lowest BCUT2D eigenvalue weighted by molar-refractivity contribution is 0.466. The lowest BCUT2D eigenvalue weighted by Crippen LogP contribution is -1.82. The quantitative estimate of drug-likeness (QED) is 0.636. The van der Waals surface area contributed by atoms with Crippen LogP contribution in [0.25, 0.3) is 11.5 Å². The molecule has 3 rings (SSSR count). The molecular weight excluding hydrogens is 336 g/mol. The molecule has 0 saturated carbocycles. The smallest absolute Gasteiger partial charge is 0.277 e. The first-order valence-corrected chi connectivity index (χ1v) is 7.86. The molecule has 3 aromatic rings. The first-order valence-electron chi connectivity index (χ1n) is 6.08. The minimum absolute atomic E-state index is 0.556. The molecule has 2 aromatic carbocycles. The van der Waals surface area contributed by atoms with Crippen LogP contribution < -0.4 is 0 Å². The largest absolute Gasteiger partial charge is 0.411 e. The first kappa shape index (κ1) is 13.4. The molecule has 20 heavy (non-hydrogen) atoms. The van der Waals surface area contributed by atoms with Crippen LogP contribution >= 0.6 is 27.7 Å². The van der Waals surface area contributed by atoms with E-state index in [1.165, 1.54) is 17.3 Å². The van der Waals surface area contributed by atoms with Crippen LogP contribution in [-0.4, -0.2) is 10.2 Å². The fraction of sp³-hybridized carbons (Fsp3) is 0.0667. The van der Waals surface area contributed by atoms with Gasteiger partial charge < -0.3 is 4.42 Å². The van der Waals surface area contributed by atoms with Gasteiger partial charge in [0.05, 0.1) is 0 Å². The van der Waals surface area contributed by atoms with Crippen LogP contribution in [0.4, 0.5) is 0 Å². The Morgan fingerprint density at radius 2 is 1.70 bits per heavy atom. The van der Waals surface area contributed by atoms with Crippen LogP contribution in [0.15, 0.2) is 68.7 Å². The Balaban J connectivity index is 1.71. The zero-order valence-electron chi connectivity index (χ0n) is 10.5. The highest BCUT2D eigenvalue weighted by Gasteiger charge is 2.09. The monoisotopic (exact) mass is 346 g/mol. The van der Waals surface area contributed by atoms with Crippen molar-refractivity contribution >= 4 is 27.7 Å². The molecule has 0 atom stereocenters. The third-order valence-corrected chi connectivity index (χ3v) is 4.38. The van der Waals surface area contributed by atoms with Crippen LogP contribution in [0.1, 0.15) is 5.56 Å². The van der Waals surface area contributed by atoms with E-state index in [2.05, 4.69) is 32.2 Å². The van der Waals surface area contributed by atoms with Gasteiger partial charge in [-0.1, -0.05) is 64.1 Å². The Morgan fingerprint density at radius 3 is 2.50 bits per heavy atom. The second kappa shape index (κ2) is 6.24. The Labute approximate surface area is 129 Å². The Bertz CT molecular complexity index is 700. The van der Waals surface area contributed by atoms with E-state index in [9.17, 15) is 0 Å². The maximum absolute atomic E-state index is 5.66. The number of benzene rings is 2. The minimum Gasteiger partial charge on any atom is -0.411 e. The predicted octanol–water partition coefficient (Wildman–Crippen LogP) is 4.79. The molecule has 0 aliphatic rings.